The Hall–Kier alpha value is -2.82. The third-order valence-electron chi connectivity index (χ3n) is 2.49. The summed E-state index contributed by atoms with van der Waals surface area (Å²) in [5.41, 5.74) is 1.68. The first-order chi connectivity index (χ1) is 9.42. The normalized spacial score (nSPS) is 10.9. The molecular formula is C14H11N5. The van der Waals surface area contributed by atoms with Crippen LogP contribution in [0.5, 0.6) is 0 Å². The summed E-state index contributed by atoms with van der Waals surface area (Å²) in [7, 11) is 0. The lowest BCUT2D eigenvalue weighted by Gasteiger charge is -1.96. The van der Waals surface area contributed by atoms with Crippen molar-refractivity contribution in [3.05, 3.63) is 66.9 Å². The molecule has 1 aromatic heterocycles. The Kier molecular flexibility index (Phi) is 3.10. The van der Waals surface area contributed by atoms with Crippen molar-refractivity contribution in [2.24, 2.45) is 10.2 Å². The number of hydrogen-bond donors (Lipinski definition) is 0. The van der Waals surface area contributed by atoms with Crippen molar-refractivity contribution in [2.75, 3.05) is 0 Å². The molecule has 0 atom stereocenters. The lowest BCUT2D eigenvalue weighted by Crippen LogP contribution is -1.97. The summed E-state index contributed by atoms with van der Waals surface area (Å²) in [6, 6.07) is 19.2. The van der Waals surface area contributed by atoms with Crippen molar-refractivity contribution < 1.29 is 0 Å². The molecule has 0 aliphatic heterocycles. The molecule has 0 unspecified atom stereocenters. The molecule has 0 aliphatic rings. The third kappa shape index (κ3) is 2.71. The van der Waals surface area contributed by atoms with Crippen LogP contribution in [0.15, 0.2) is 77.1 Å². The maximum absolute atomic E-state index is 4.24. The van der Waals surface area contributed by atoms with Crippen LogP contribution in [0, 0.1) is 0 Å². The van der Waals surface area contributed by atoms with E-state index < -0.39 is 0 Å². The summed E-state index contributed by atoms with van der Waals surface area (Å²) in [5.74, 6) is 0.479. The summed E-state index contributed by atoms with van der Waals surface area (Å²) in [6.45, 7) is 0. The molecular weight excluding hydrogens is 238 g/mol. The van der Waals surface area contributed by atoms with Gasteiger partial charge in [-0.15, -0.1) is 20.1 Å². The van der Waals surface area contributed by atoms with E-state index in [1.165, 1.54) is 4.80 Å². The molecule has 0 aliphatic carbocycles. The van der Waals surface area contributed by atoms with Gasteiger partial charge >= 0.3 is 0 Å². The predicted molar refractivity (Wildman–Crippen MR) is 72.0 cm³/mol. The molecule has 0 fully saturated rings. The Bertz CT molecular complexity index is 673. The molecule has 92 valence electrons. The van der Waals surface area contributed by atoms with Crippen molar-refractivity contribution >= 4 is 11.5 Å². The number of aromatic nitrogens is 3. The van der Waals surface area contributed by atoms with E-state index in [-0.39, 0.29) is 0 Å². The maximum Gasteiger partial charge on any atom is 0.216 e. The van der Waals surface area contributed by atoms with E-state index in [0.717, 1.165) is 11.4 Å². The van der Waals surface area contributed by atoms with E-state index in [2.05, 4.69) is 20.4 Å². The zero-order valence-corrected chi connectivity index (χ0v) is 10.1. The second-order valence-electron chi connectivity index (χ2n) is 3.86. The van der Waals surface area contributed by atoms with Crippen LogP contribution in [-0.2, 0) is 0 Å². The summed E-state index contributed by atoms with van der Waals surface area (Å²) >= 11 is 0. The summed E-state index contributed by atoms with van der Waals surface area (Å²) < 4.78 is 0. The fraction of sp³-hybridized carbons (Fsp3) is 0. The molecule has 0 N–H and O–H groups in total. The third-order valence-corrected chi connectivity index (χ3v) is 2.49. The summed E-state index contributed by atoms with van der Waals surface area (Å²) in [6.07, 6.45) is 1.58. The second kappa shape index (κ2) is 5.22. The van der Waals surface area contributed by atoms with Gasteiger partial charge in [0.05, 0.1) is 17.6 Å². The van der Waals surface area contributed by atoms with Gasteiger partial charge in [-0.25, -0.2) is 0 Å². The van der Waals surface area contributed by atoms with Crippen LogP contribution in [0.2, 0.25) is 0 Å². The van der Waals surface area contributed by atoms with Gasteiger partial charge in [-0.05, 0) is 24.3 Å². The fourth-order valence-electron chi connectivity index (χ4n) is 1.59. The van der Waals surface area contributed by atoms with Crippen LogP contribution in [-0.4, -0.2) is 15.0 Å². The molecule has 0 spiro atoms. The van der Waals surface area contributed by atoms with Gasteiger partial charge in [-0.2, -0.15) is 5.10 Å². The van der Waals surface area contributed by atoms with Gasteiger partial charge in [0.1, 0.15) is 0 Å². The van der Waals surface area contributed by atoms with Crippen molar-refractivity contribution in [3.8, 4) is 5.69 Å². The Morgan fingerprint density at radius 2 is 1.47 bits per heavy atom. The molecule has 0 saturated carbocycles. The van der Waals surface area contributed by atoms with Gasteiger partial charge < -0.3 is 0 Å². The van der Waals surface area contributed by atoms with Crippen molar-refractivity contribution in [1.82, 2.24) is 15.0 Å². The quantitative estimate of drug-likeness (QED) is 0.665. The molecule has 3 rings (SSSR count). The van der Waals surface area contributed by atoms with Gasteiger partial charge in [-0.1, -0.05) is 36.4 Å². The van der Waals surface area contributed by atoms with Crippen molar-refractivity contribution in [1.29, 1.82) is 0 Å². The van der Waals surface area contributed by atoms with Gasteiger partial charge in [0.2, 0.25) is 5.82 Å². The van der Waals surface area contributed by atoms with E-state index in [9.17, 15) is 0 Å². The molecule has 0 amide bonds. The van der Waals surface area contributed by atoms with Gasteiger partial charge in [0.15, 0.2) is 0 Å². The monoisotopic (exact) mass is 249 g/mol. The molecule has 5 nitrogen and oxygen atoms in total. The number of nitrogens with zero attached hydrogens (tertiary/aromatic N) is 5. The predicted octanol–water partition coefficient (Wildman–Crippen LogP) is 3.68. The number of benzene rings is 2. The largest absolute Gasteiger partial charge is 0.216 e. The van der Waals surface area contributed by atoms with E-state index in [1.807, 2.05) is 60.7 Å². The first kappa shape index (κ1) is 11.3. The topological polar surface area (TPSA) is 55.4 Å². The molecule has 5 heteroatoms. The van der Waals surface area contributed by atoms with Crippen LogP contribution >= 0.6 is 0 Å². The highest BCUT2D eigenvalue weighted by Crippen LogP contribution is 2.15. The first-order valence-electron chi connectivity index (χ1n) is 5.86. The van der Waals surface area contributed by atoms with Gasteiger partial charge in [0.25, 0.3) is 0 Å². The Morgan fingerprint density at radius 1 is 0.789 bits per heavy atom. The number of para-hydroxylation sites is 1. The van der Waals surface area contributed by atoms with Crippen LogP contribution in [0.1, 0.15) is 0 Å². The molecule has 0 saturated heterocycles. The van der Waals surface area contributed by atoms with Crippen LogP contribution in [0.25, 0.3) is 5.69 Å². The first-order valence-corrected chi connectivity index (χ1v) is 5.86. The molecule has 0 bridgehead atoms. The standard InChI is InChI=1S/C14H11N5/c1-3-7-12(8-4-1)16-17-14-11-15-19(18-14)13-9-5-2-6-10-13/h1-11H. The van der Waals surface area contributed by atoms with E-state index in [0.29, 0.717) is 5.82 Å². The lowest BCUT2D eigenvalue weighted by molar-refractivity contribution is 0.751. The van der Waals surface area contributed by atoms with Crippen LogP contribution < -0.4 is 0 Å². The fourth-order valence-corrected chi connectivity index (χ4v) is 1.59. The highest BCUT2D eigenvalue weighted by atomic mass is 15.5. The minimum Gasteiger partial charge on any atom is -0.154 e. The molecule has 19 heavy (non-hydrogen) atoms. The van der Waals surface area contributed by atoms with Crippen molar-refractivity contribution in [2.45, 2.75) is 0 Å². The second-order valence-corrected chi connectivity index (χ2v) is 3.86. The van der Waals surface area contributed by atoms with Gasteiger partial charge in [-0.3, -0.25) is 0 Å². The summed E-state index contributed by atoms with van der Waals surface area (Å²) in [5, 5.41) is 16.5. The highest BCUT2D eigenvalue weighted by molar-refractivity contribution is 5.36. The lowest BCUT2D eigenvalue weighted by atomic mass is 10.3. The average molecular weight is 249 g/mol. The van der Waals surface area contributed by atoms with E-state index >= 15 is 0 Å². The Labute approximate surface area is 110 Å². The smallest absolute Gasteiger partial charge is 0.154 e. The number of azo groups is 1. The summed E-state index contributed by atoms with van der Waals surface area (Å²) in [4.78, 5) is 1.53. The van der Waals surface area contributed by atoms with Gasteiger partial charge in [0, 0.05) is 0 Å². The Balaban J connectivity index is 1.81. The minimum atomic E-state index is 0.479. The molecule has 3 aromatic rings. The Morgan fingerprint density at radius 3 is 2.21 bits per heavy atom. The molecule has 2 aromatic carbocycles. The zero-order valence-electron chi connectivity index (χ0n) is 10.1. The minimum absolute atomic E-state index is 0.479. The highest BCUT2D eigenvalue weighted by Gasteiger charge is 2.00. The molecule has 1 heterocycles. The average Bonchev–Trinajstić information content (AvgIpc) is 2.96. The van der Waals surface area contributed by atoms with Crippen LogP contribution in [0.3, 0.4) is 0 Å². The zero-order chi connectivity index (χ0) is 12.9. The van der Waals surface area contributed by atoms with E-state index in [1.54, 1.807) is 6.20 Å². The van der Waals surface area contributed by atoms with Crippen molar-refractivity contribution in [3.63, 3.8) is 0 Å². The number of hydrogen-bond acceptors (Lipinski definition) is 4. The van der Waals surface area contributed by atoms with E-state index in [4.69, 9.17) is 0 Å². The molecule has 0 radical (unpaired) electrons. The maximum atomic E-state index is 4.24. The van der Waals surface area contributed by atoms with Crippen LogP contribution in [0.4, 0.5) is 11.5 Å². The number of rotatable bonds is 3. The SMILES string of the molecule is c1ccc(N=Nc2cnn(-c3ccccc3)n2)cc1.